The fraction of sp³-hybridized carbons (Fsp3) is 0.200. The lowest BCUT2D eigenvalue weighted by Crippen LogP contribution is -2.07. The quantitative estimate of drug-likeness (QED) is 0.865. The lowest BCUT2D eigenvalue weighted by Gasteiger charge is -2.11. The van der Waals surface area contributed by atoms with Gasteiger partial charge in [-0.3, -0.25) is 0 Å². The van der Waals surface area contributed by atoms with Gasteiger partial charge < -0.3 is 10.1 Å². The molecule has 6 heteroatoms. The highest BCUT2D eigenvalue weighted by Gasteiger charge is 2.14. The van der Waals surface area contributed by atoms with Crippen LogP contribution < -0.4 is 10.1 Å². The summed E-state index contributed by atoms with van der Waals surface area (Å²) in [6.07, 6.45) is 0. The molecule has 1 N–H and O–H groups in total. The summed E-state index contributed by atoms with van der Waals surface area (Å²) in [6.45, 7) is 0.209. The van der Waals surface area contributed by atoms with Crippen molar-refractivity contribution in [3.8, 4) is 5.75 Å². The van der Waals surface area contributed by atoms with E-state index in [1.54, 1.807) is 13.1 Å². The Morgan fingerprint density at radius 1 is 1.10 bits per heavy atom. The van der Waals surface area contributed by atoms with Crippen LogP contribution in [0.5, 0.6) is 5.75 Å². The van der Waals surface area contributed by atoms with Crippen LogP contribution in [0.25, 0.3) is 0 Å². The van der Waals surface area contributed by atoms with Gasteiger partial charge in [0.25, 0.3) is 0 Å². The van der Waals surface area contributed by atoms with E-state index in [0.29, 0.717) is 17.7 Å². The monoisotopic (exact) mass is 359 g/mol. The van der Waals surface area contributed by atoms with E-state index in [2.05, 4.69) is 21.2 Å². The topological polar surface area (TPSA) is 21.3 Å². The zero-order valence-corrected chi connectivity index (χ0v) is 12.8. The fourth-order valence-electron chi connectivity index (χ4n) is 1.87. The first-order valence-corrected chi connectivity index (χ1v) is 7.00. The zero-order valence-electron chi connectivity index (χ0n) is 11.2. The van der Waals surface area contributed by atoms with Gasteiger partial charge in [0.2, 0.25) is 0 Å². The van der Waals surface area contributed by atoms with Gasteiger partial charge in [-0.25, -0.2) is 13.2 Å². The van der Waals surface area contributed by atoms with E-state index in [9.17, 15) is 13.2 Å². The highest BCUT2D eigenvalue weighted by Crippen LogP contribution is 2.26. The molecule has 0 saturated heterocycles. The van der Waals surface area contributed by atoms with E-state index in [1.807, 2.05) is 0 Å². The Morgan fingerprint density at radius 2 is 1.76 bits per heavy atom. The van der Waals surface area contributed by atoms with Crippen molar-refractivity contribution in [1.29, 1.82) is 0 Å². The summed E-state index contributed by atoms with van der Waals surface area (Å²) in [5.74, 6) is -2.49. The second kappa shape index (κ2) is 6.95. The number of hydrogen-bond donors (Lipinski definition) is 1. The summed E-state index contributed by atoms with van der Waals surface area (Å²) < 4.78 is 46.4. The Balaban J connectivity index is 2.18. The standard InChI is InChI=1S/C15H13BrF3NO/c1-20-7-9-5-12(18)15(13(19)6-9)21-8-10-3-2-4-11(17)14(10)16/h2-6,20H,7-8H2,1H3. The molecular formula is C15H13BrF3NO. The van der Waals surface area contributed by atoms with Gasteiger partial charge in [-0.05, 0) is 46.7 Å². The molecule has 0 amide bonds. The van der Waals surface area contributed by atoms with Gasteiger partial charge in [0.1, 0.15) is 12.4 Å². The van der Waals surface area contributed by atoms with E-state index in [-0.39, 0.29) is 11.1 Å². The first-order valence-electron chi connectivity index (χ1n) is 6.21. The zero-order chi connectivity index (χ0) is 15.4. The second-order valence-electron chi connectivity index (χ2n) is 4.42. The van der Waals surface area contributed by atoms with E-state index >= 15 is 0 Å². The molecule has 0 bridgehead atoms. The van der Waals surface area contributed by atoms with Crippen molar-refractivity contribution >= 4 is 15.9 Å². The molecule has 0 saturated carbocycles. The van der Waals surface area contributed by atoms with Crippen LogP contribution in [0.15, 0.2) is 34.8 Å². The van der Waals surface area contributed by atoms with Gasteiger partial charge >= 0.3 is 0 Å². The Hall–Kier alpha value is -1.53. The molecule has 2 aromatic carbocycles. The summed E-state index contributed by atoms with van der Waals surface area (Å²) in [4.78, 5) is 0. The van der Waals surface area contributed by atoms with Crippen molar-refractivity contribution < 1.29 is 17.9 Å². The lowest BCUT2D eigenvalue weighted by atomic mass is 10.2. The minimum Gasteiger partial charge on any atom is -0.483 e. The van der Waals surface area contributed by atoms with E-state index in [0.717, 1.165) is 0 Å². The highest BCUT2D eigenvalue weighted by atomic mass is 79.9. The first-order chi connectivity index (χ1) is 10.0. The van der Waals surface area contributed by atoms with Crippen LogP contribution in [0.4, 0.5) is 13.2 Å². The van der Waals surface area contributed by atoms with Crippen LogP contribution >= 0.6 is 15.9 Å². The minimum absolute atomic E-state index is 0.141. The molecule has 0 spiro atoms. The lowest BCUT2D eigenvalue weighted by molar-refractivity contribution is 0.272. The number of rotatable bonds is 5. The van der Waals surface area contributed by atoms with Crippen molar-refractivity contribution in [1.82, 2.24) is 5.32 Å². The Morgan fingerprint density at radius 3 is 2.38 bits per heavy atom. The molecule has 0 heterocycles. The average molecular weight is 360 g/mol. The van der Waals surface area contributed by atoms with Crippen molar-refractivity contribution in [3.63, 3.8) is 0 Å². The molecule has 0 fully saturated rings. The van der Waals surface area contributed by atoms with Crippen molar-refractivity contribution in [2.45, 2.75) is 13.2 Å². The normalized spacial score (nSPS) is 10.7. The van der Waals surface area contributed by atoms with Crippen LogP contribution in [0, 0.1) is 17.5 Å². The third kappa shape index (κ3) is 3.77. The summed E-state index contributed by atoms with van der Waals surface area (Å²) in [7, 11) is 1.68. The second-order valence-corrected chi connectivity index (χ2v) is 5.21. The molecule has 2 nitrogen and oxygen atoms in total. The number of hydrogen-bond acceptors (Lipinski definition) is 2. The molecule has 2 rings (SSSR count). The Labute approximate surface area is 129 Å². The van der Waals surface area contributed by atoms with Gasteiger partial charge in [0.05, 0.1) is 4.47 Å². The highest BCUT2D eigenvalue weighted by molar-refractivity contribution is 9.10. The Bertz CT molecular complexity index is 626. The smallest absolute Gasteiger partial charge is 0.191 e. The summed E-state index contributed by atoms with van der Waals surface area (Å²) in [5, 5.41) is 2.81. The minimum atomic E-state index is -0.784. The van der Waals surface area contributed by atoms with E-state index in [4.69, 9.17) is 4.74 Å². The van der Waals surface area contributed by atoms with Gasteiger partial charge in [-0.1, -0.05) is 12.1 Å². The van der Waals surface area contributed by atoms with E-state index in [1.165, 1.54) is 24.3 Å². The van der Waals surface area contributed by atoms with Crippen LogP contribution in [-0.4, -0.2) is 7.05 Å². The number of halogens is 4. The van der Waals surface area contributed by atoms with Gasteiger partial charge in [0.15, 0.2) is 17.4 Å². The maximum absolute atomic E-state index is 13.8. The van der Waals surface area contributed by atoms with Crippen LogP contribution in [0.1, 0.15) is 11.1 Å². The molecule has 0 aliphatic heterocycles. The molecule has 2 aromatic rings. The summed E-state index contributed by atoms with van der Waals surface area (Å²) in [6, 6.07) is 6.80. The number of nitrogens with one attached hydrogen (secondary N) is 1. The van der Waals surface area contributed by atoms with Gasteiger partial charge in [-0.2, -0.15) is 0 Å². The average Bonchev–Trinajstić information content (AvgIpc) is 2.42. The van der Waals surface area contributed by atoms with Gasteiger partial charge in [-0.15, -0.1) is 0 Å². The van der Waals surface area contributed by atoms with Crippen LogP contribution in [0.3, 0.4) is 0 Å². The molecule has 112 valence electrons. The summed E-state index contributed by atoms with van der Waals surface area (Å²) >= 11 is 3.07. The summed E-state index contributed by atoms with van der Waals surface area (Å²) in [5.41, 5.74) is 0.944. The van der Waals surface area contributed by atoms with Crippen molar-refractivity contribution in [3.05, 3.63) is 63.4 Å². The Kier molecular flexibility index (Phi) is 5.25. The molecule has 0 radical (unpaired) electrons. The third-order valence-electron chi connectivity index (χ3n) is 2.84. The maximum atomic E-state index is 13.8. The number of benzene rings is 2. The molecule has 0 unspecified atom stereocenters. The van der Waals surface area contributed by atoms with E-state index < -0.39 is 23.2 Å². The predicted octanol–water partition coefficient (Wildman–Crippen LogP) is 4.16. The van der Waals surface area contributed by atoms with Gasteiger partial charge in [0, 0.05) is 12.1 Å². The third-order valence-corrected chi connectivity index (χ3v) is 3.73. The first kappa shape index (κ1) is 15.9. The largest absolute Gasteiger partial charge is 0.483 e. The SMILES string of the molecule is CNCc1cc(F)c(OCc2cccc(F)c2Br)c(F)c1. The number of ether oxygens (including phenoxy) is 1. The van der Waals surface area contributed by atoms with Crippen LogP contribution in [-0.2, 0) is 13.2 Å². The van der Waals surface area contributed by atoms with Crippen molar-refractivity contribution in [2.24, 2.45) is 0 Å². The predicted molar refractivity (Wildman–Crippen MR) is 77.6 cm³/mol. The molecular weight excluding hydrogens is 347 g/mol. The molecule has 0 aliphatic rings. The molecule has 0 aromatic heterocycles. The molecule has 0 aliphatic carbocycles. The van der Waals surface area contributed by atoms with Crippen molar-refractivity contribution in [2.75, 3.05) is 7.05 Å². The maximum Gasteiger partial charge on any atom is 0.191 e. The molecule has 0 atom stereocenters. The van der Waals surface area contributed by atoms with Crippen LogP contribution in [0.2, 0.25) is 0 Å². The fourth-order valence-corrected chi connectivity index (χ4v) is 2.25. The molecule has 21 heavy (non-hydrogen) atoms.